The Kier molecular flexibility index (Phi) is 8.17. The van der Waals surface area contributed by atoms with Crippen LogP contribution in [0.5, 0.6) is 0 Å². The van der Waals surface area contributed by atoms with Gasteiger partial charge in [-0.1, -0.05) is 11.6 Å². The van der Waals surface area contributed by atoms with Crippen LogP contribution in [0, 0.1) is 5.92 Å². The zero-order valence-electron chi connectivity index (χ0n) is 15.5. The summed E-state index contributed by atoms with van der Waals surface area (Å²) in [6.45, 7) is 2.25. The SMILES string of the molecule is CNCC1CCN(C(=O)c2nccnc2C(=O)Nc2ccc(Cl)cc2)CC1.Cl. The molecule has 1 aliphatic heterocycles. The van der Waals surface area contributed by atoms with E-state index < -0.39 is 5.91 Å². The highest BCUT2D eigenvalue weighted by atomic mass is 35.5. The van der Waals surface area contributed by atoms with Crippen LogP contribution in [-0.4, -0.2) is 53.4 Å². The van der Waals surface area contributed by atoms with Gasteiger partial charge in [-0.05, 0) is 56.6 Å². The summed E-state index contributed by atoms with van der Waals surface area (Å²) in [5.41, 5.74) is 0.673. The fourth-order valence-electron chi connectivity index (χ4n) is 3.16. The monoisotopic (exact) mass is 423 g/mol. The number of nitrogens with zero attached hydrogens (tertiary/aromatic N) is 3. The molecule has 28 heavy (non-hydrogen) atoms. The van der Waals surface area contributed by atoms with Crippen LogP contribution >= 0.6 is 24.0 Å². The molecular weight excluding hydrogens is 401 g/mol. The molecule has 1 aromatic carbocycles. The van der Waals surface area contributed by atoms with Crippen LogP contribution in [0.15, 0.2) is 36.7 Å². The van der Waals surface area contributed by atoms with E-state index >= 15 is 0 Å². The summed E-state index contributed by atoms with van der Waals surface area (Å²) in [4.78, 5) is 35.5. The van der Waals surface area contributed by atoms with Gasteiger partial charge in [0, 0.05) is 36.2 Å². The molecule has 0 spiro atoms. The molecule has 0 atom stereocenters. The molecule has 2 heterocycles. The maximum absolute atomic E-state index is 12.9. The van der Waals surface area contributed by atoms with Gasteiger partial charge in [-0.15, -0.1) is 12.4 Å². The highest BCUT2D eigenvalue weighted by molar-refractivity contribution is 6.30. The second-order valence-electron chi connectivity index (χ2n) is 6.51. The number of rotatable bonds is 5. The van der Waals surface area contributed by atoms with E-state index in [1.54, 1.807) is 29.2 Å². The predicted molar refractivity (Wildman–Crippen MR) is 111 cm³/mol. The van der Waals surface area contributed by atoms with Crippen LogP contribution in [0.2, 0.25) is 5.02 Å². The number of piperidine rings is 1. The third kappa shape index (κ3) is 5.41. The number of aromatic nitrogens is 2. The number of anilines is 1. The van der Waals surface area contributed by atoms with E-state index in [2.05, 4.69) is 20.6 Å². The Balaban J connectivity index is 0.00000280. The Morgan fingerprint density at radius 3 is 2.32 bits per heavy atom. The molecule has 9 heteroatoms. The van der Waals surface area contributed by atoms with Gasteiger partial charge in [0.05, 0.1) is 0 Å². The van der Waals surface area contributed by atoms with Crippen molar-refractivity contribution in [1.29, 1.82) is 0 Å². The first-order chi connectivity index (χ1) is 13.1. The predicted octanol–water partition coefficient (Wildman–Crippen LogP) is 2.88. The maximum atomic E-state index is 12.9. The lowest BCUT2D eigenvalue weighted by Crippen LogP contribution is -2.41. The van der Waals surface area contributed by atoms with E-state index in [0.717, 1.165) is 19.4 Å². The highest BCUT2D eigenvalue weighted by Crippen LogP contribution is 2.19. The third-order valence-electron chi connectivity index (χ3n) is 4.61. The minimum absolute atomic E-state index is 0. The molecule has 7 nitrogen and oxygen atoms in total. The van der Waals surface area contributed by atoms with E-state index in [0.29, 0.717) is 29.7 Å². The Bertz CT molecular complexity index is 808. The standard InChI is InChI=1S/C19H22ClN5O2.ClH/c1-21-12-13-6-10-25(11-7-13)19(27)17-16(22-8-9-23-17)18(26)24-15-4-2-14(20)3-5-15;/h2-5,8-9,13,21H,6-7,10-12H2,1H3,(H,24,26);1H. The van der Waals surface area contributed by atoms with Crippen LogP contribution in [0.25, 0.3) is 0 Å². The van der Waals surface area contributed by atoms with Gasteiger partial charge in [-0.25, -0.2) is 9.97 Å². The number of halogens is 2. The summed E-state index contributed by atoms with van der Waals surface area (Å²) in [6.07, 6.45) is 4.70. The molecule has 1 aliphatic rings. The number of benzene rings is 1. The largest absolute Gasteiger partial charge is 0.337 e. The quantitative estimate of drug-likeness (QED) is 0.771. The van der Waals surface area contributed by atoms with Crippen LogP contribution in [0.3, 0.4) is 0 Å². The van der Waals surface area contributed by atoms with Gasteiger partial charge in [0.1, 0.15) is 0 Å². The molecule has 0 bridgehead atoms. The number of hydrogen-bond donors (Lipinski definition) is 2. The van der Waals surface area contributed by atoms with Crippen LogP contribution < -0.4 is 10.6 Å². The van der Waals surface area contributed by atoms with Crippen LogP contribution in [0.1, 0.15) is 33.8 Å². The zero-order chi connectivity index (χ0) is 19.2. The Morgan fingerprint density at radius 1 is 1.11 bits per heavy atom. The minimum Gasteiger partial charge on any atom is -0.337 e. The summed E-state index contributed by atoms with van der Waals surface area (Å²) in [7, 11) is 1.93. The molecular formula is C19H23Cl2N5O2. The maximum Gasteiger partial charge on any atom is 0.276 e. The number of carbonyl (C=O) groups is 2. The van der Waals surface area contributed by atoms with Gasteiger partial charge in [0.2, 0.25) is 0 Å². The number of nitrogens with one attached hydrogen (secondary N) is 2. The van der Waals surface area contributed by atoms with Gasteiger partial charge in [0.15, 0.2) is 11.4 Å². The number of carbonyl (C=O) groups excluding carboxylic acids is 2. The molecule has 2 N–H and O–H groups in total. The first-order valence-corrected chi connectivity index (χ1v) is 9.28. The lowest BCUT2D eigenvalue weighted by molar-refractivity contribution is 0.0680. The van der Waals surface area contributed by atoms with Gasteiger partial charge in [-0.2, -0.15) is 0 Å². The number of likely N-dealkylation sites (tertiary alicyclic amines) is 1. The van der Waals surface area contributed by atoms with E-state index in [-0.39, 0.29) is 29.7 Å². The van der Waals surface area contributed by atoms with Crippen molar-refractivity contribution in [3.63, 3.8) is 0 Å². The Morgan fingerprint density at radius 2 is 1.71 bits per heavy atom. The molecule has 0 saturated carbocycles. The lowest BCUT2D eigenvalue weighted by Gasteiger charge is -2.31. The van der Waals surface area contributed by atoms with Gasteiger partial charge >= 0.3 is 0 Å². The Hall–Kier alpha value is -2.22. The van der Waals surface area contributed by atoms with Crippen molar-refractivity contribution in [3.8, 4) is 0 Å². The van der Waals surface area contributed by atoms with E-state index in [4.69, 9.17) is 11.6 Å². The topological polar surface area (TPSA) is 87.2 Å². The lowest BCUT2D eigenvalue weighted by atomic mass is 9.96. The van der Waals surface area contributed by atoms with Gasteiger partial charge in [0.25, 0.3) is 11.8 Å². The normalized spacial score (nSPS) is 14.3. The summed E-state index contributed by atoms with van der Waals surface area (Å²) in [5, 5.41) is 6.48. The number of amides is 2. The van der Waals surface area contributed by atoms with Gasteiger partial charge < -0.3 is 15.5 Å². The van der Waals surface area contributed by atoms with Crippen LogP contribution in [0.4, 0.5) is 5.69 Å². The van der Waals surface area contributed by atoms with E-state index in [9.17, 15) is 9.59 Å². The van der Waals surface area contributed by atoms with Crippen molar-refractivity contribution < 1.29 is 9.59 Å². The molecule has 1 fully saturated rings. The van der Waals surface area contributed by atoms with Crippen molar-refractivity contribution in [3.05, 3.63) is 53.1 Å². The molecule has 2 aromatic rings. The average molecular weight is 424 g/mol. The van der Waals surface area contributed by atoms with Crippen molar-refractivity contribution in [1.82, 2.24) is 20.2 Å². The number of hydrogen-bond acceptors (Lipinski definition) is 5. The molecule has 0 unspecified atom stereocenters. The second-order valence-corrected chi connectivity index (χ2v) is 6.94. The fraction of sp³-hybridized carbons (Fsp3) is 0.368. The van der Waals surface area contributed by atoms with Crippen molar-refractivity contribution in [2.24, 2.45) is 5.92 Å². The van der Waals surface area contributed by atoms with E-state index in [1.165, 1.54) is 12.4 Å². The molecule has 2 amide bonds. The summed E-state index contributed by atoms with van der Waals surface area (Å²) in [5.74, 6) is -0.167. The minimum atomic E-state index is -0.473. The van der Waals surface area contributed by atoms with Crippen molar-refractivity contribution in [2.45, 2.75) is 12.8 Å². The summed E-state index contributed by atoms with van der Waals surface area (Å²) in [6, 6.07) is 6.72. The van der Waals surface area contributed by atoms with Crippen molar-refractivity contribution >= 4 is 41.5 Å². The molecule has 0 aliphatic carbocycles. The summed E-state index contributed by atoms with van der Waals surface area (Å²) < 4.78 is 0. The average Bonchev–Trinajstić information content (AvgIpc) is 2.70. The molecule has 1 saturated heterocycles. The van der Waals surface area contributed by atoms with E-state index in [1.807, 2.05) is 7.05 Å². The smallest absolute Gasteiger partial charge is 0.276 e. The molecule has 0 radical (unpaired) electrons. The highest BCUT2D eigenvalue weighted by Gasteiger charge is 2.28. The Labute approximate surface area is 175 Å². The van der Waals surface area contributed by atoms with Gasteiger partial charge in [-0.3, -0.25) is 9.59 Å². The second kappa shape index (κ2) is 10.4. The molecule has 150 valence electrons. The first-order valence-electron chi connectivity index (χ1n) is 8.90. The molecule has 1 aromatic heterocycles. The molecule has 3 rings (SSSR count). The van der Waals surface area contributed by atoms with Crippen LogP contribution in [-0.2, 0) is 0 Å². The third-order valence-corrected chi connectivity index (χ3v) is 4.86. The summed E-state index contributed by atoms with van der Waals surface area (Å²) >= 11 is 5.86. The van der Waals surface area contributed by atoms with Crippen molar-refractivity contribution in [2.75, 3.05) is 32.0 Å². The first kappa shape index (κ1) is 22.1. The fourth-order valence-corrected chi connectivity index (χ4v) is 3.29. The zero-order valence-corrected chi connectivity index (χ0v) is 17.1.